The molecule has 0 aliphatic carbocycles. The standard InChI is InChI=1S/C13H22N4O/c1-5-15-10-6-11(8-14-7-10)16-9-12(18)17-13(2,3)4/h6-8,15-16H,5,9H2,1-4H3,(H,17,18). The Morgan fingerprint density at radius 1 is 1.22 bits per heavy atom. The van der Waals surface area contributed by atoms with E-state index in [2.05, 4.69) is 20.9 Å². The smallest absolute Gasteiger partial charge is 0.239 e. The molecular formula is C13H22N4O. The molecule has 0 unspecified atom stereocenters. The molecule has 1 amide bonds. The van der Waals surface area contributed by atoms with Crippen LogP contribution in [0.5, 0.6) is 0 Å². The molecule has 1 rings (SSSR count). The third kappa shape index (κ3) is 5.52. The molecule has 1 heterocycles. The van der Waals surface area contributed by atoms with Crippen LogP contribution in [-0.4, -0.2) is 29.5 Å². The number of nitrogens with zero attached hydrogens (tertiary/aromatic N) is 1. The number of hydrogen-bond donors (Lipinski definition) is 3. The van der Waals surface area contributed by atoms with E-state index in [4.69, 9.17) is 0 Å². The van der Waals surface area contributed by atoms with Crippen LogP contribution in [0.2, 0.25) is 0 Å². The average Bonchev–Trinajstić information content (AvgIpc) is 2.25. The van der Waals surface area contributed by atoms with Crippen LogP contribution < -0.4 is 16.0 Å². The summed E-state index contributed by atoms with van der Waals surface area (Å²) in [5.74, 6) is -0.0312. The van der Waals surface area contributed by atoms with Crippen molar-refractivity contribution in [3.05, 3.63) is 18.5 Å². The second kappa shape index (κ2) is 6.23. The number of aromatic nitrogens is 1. The molecule has 3 N–H and O–H groups in total. The fourth-order valence-corrected chi connectivity index (χ4v) is 1.48. The highest BCUT2D eigenvalue weighted by Gasteiger charge is 2.13. The van der Waals surface area contributed by atoms with Crippen LogP contribution >= 0.6 is 0 Å². The Kier molecular flexibility index (Phi) is 4.95. The number of hydrogen-bond acceptors (Lipinski definition) is 4. The van der Waals surface area contributed by atoms with Gasteiger partial charge in [-0.2, -0.15) is 0 Å². The van der Waals surface area contributed by atoms with E-state index < -0.39 is 0 Å². The first kappa shape index (κ1) is 14.3. The van der Waals surface area contributed by atoms with Crippen LogP contribution in [0.3, 0.4) is 0 Å². The van der Waals surface area contributed by atoms with Crippen molar-refractivity contribution in [2.24, 2.45) is 0 Å². The van der Waals surface area contributed by atoms with Crippen molar-refractivity contribution < 1.29 is 4.79 Å². The maximum Gasteiger partial charge on any atom is 0.239 e. The van der Waals surface area contributed by atoms with E-state index in [9.17, 15) is 4.79 Å². The predicted octanol–water partition coefficient (Wildman–Crippen LogP) is 1.84. The number of rotatable bonds is 5. The largest absolute Gasteiger partial charge is 0.384 e. The maximum absolute atomic E-state index is 11.6. The van der Waals surface area contributed by atoms with Gasteiger partial charge in [0.2, 0.25) is 5.91 Å². The predicted molar refractivity (Wildman–Crippen MR) is 74.8 cm³/mol. The van der Waals surface area contributed by atoms with E-state index in [1.807, 2.05) is 33.8 Å². The van der Waals surface area contributed by atoms with Gasteiger partial charge in [-0.25, -0.2) is 0 Å². The summed E-state index contributed by atoms with van der Waals surface area (Å²) in [6, 6.07) is 1.93. The highest BCUT2D eigenvalue weighted by molar-refractivity contribution is 5.81. The topological polar surface area (TPSA) is 66.0 Å². The van der Waals surface area contributed by atoms with E-state index in [0.29, 0.717) is 0 Å². The minimum atomic E-state index is -0.206. The Balaban J connectivity index is 2.48. The third-order valence-electron chi connectivity index (χ3n) is 2.09. The normalized spacial score (nSPS) is 10.9. The van der Waals surface area contributed by atoms with Crippen molar-refractivity contribution in [1.82, 2.24) is 10.3 Å². The lowest BCUT2D eigenvalue weighted by molar-refractivity contribution is -0.120. The van der Waals surface area contributed by atoms with Crippen molar-refractivity contribution in [3.63, 3.8) is 0 Å². The summed E-state index contributed by atoms with van der Waals surface area (Å²) in [7, 11) is 0. The van der Waals surface area contributed by atoms with Gasteiger partial charge in [0.25, 0.3) is 0 Å². The lowest BCUT2D eigenvalue weighted by atomic mass is 10.1. The minimum Gasteiger partial charge on any atom is -0.384 e. The van der Waals surface area contributed by atoms with Crippen molar-refractivity contribution in [1.29, 1.82) is 0 Å². The van der Waals surface area contributed by atoms with Crippen LogP contribution in [0.4, 0.5) is 11.4 Å². The third-order valence-corrected chi connectivity index (χ3v) is 2.09. The van der Waals surface area contributed by atoms with Gasteiger partial charge in [0.05, 0.1) is 30.3 Å². The molecule has 0 aromatic carbocycles. The first-order valence-electron chi connectivity index (χ1n) is 6.14. The number of carbonyl (C=O) groups is 1. The number of pyridine rings is 1. The molecular weight excluding hydrogens is 228 g/mol. The van der Waals surface area contributed by atoms with E-state index in [1.165, 1.54) is 0 Å². The molecule has 0 spiro atoms. The van der Waals surface area contributed by atoms with Gasteiger partial charge in [-0.3, -0.25) is 9.78 Å². The quantitative estimate of drug-likeness (QED) is 0.746. The van der Waals surface area contributed by atoms with Crippen molar-refractivity contribution in [2.45, 2.75) is 33.2 Å². The molecule has 0 aliphatic heterocycles. The van der Waals surface area contributed by atoms with Crippen molar-refractivity contribution >= 4 is 17.3 Å². The van der Waals surface area contributed by atoms with Gasteiger partial charge in [-0.15, -0.1) is 0 Å². The number of amides is 1. The van der Waals surface area contributed by atoms with Crippen LogP contribution in [0.15, 0.2) is 18.5 Å². The lowest BCUT2D eigenvalue weighted by Crippen LogP contribution is -2.43. The molecule has 0 aliphatic rings. The minimum absolute atomic E-state index is 0.0312. The van der Waals surface area contributed by atoms with Gasteiger partial charge < -0.3 is 16.0 Å². The van der Waals surface area contributed by atoms with Crippen LogP contribution in [0.25, 0.3) is 0 Å². The van der Waals surface area contributed by atoms with Gasteiger partial charge >= 0.3 is 0 Å². The summed E-state index contributed by atoms with van der Waals surface area (Å²) in [6.07, 6.45) is 3.45. The van der Waals surface area contributed by atoms with Gasteiger partial charge in [-0.05, 0) is 33.8 Å². The summed E-state index contributed by atoms with van der Waals surface area (Å²) < 4.78 is 0. The van der Waals surface area contributed by atoms with Crippen molar-refractivity contribution in [3.8, 4) is 0 Å². The second-order valence-electron chi connectivity index (χ2n) is 5.14. The van der Waals surface area contributed by atoms with E-state index in [0.717, 1.165) is 17.9 Å². The molecule has 18 heavy (non-hydrogen) atoms. The average molecular weight is 250 g/mol. The zero-order valence-electron chi connectivity index (χ0n) is 11.5. The molecule has 0 fully saturated rings. The molecule has 0 saturated carbocycles. The number of nitrogens with one attached hydrogen (secondary N) is 3. The van der Waals surface area contributed by atoms with Gasteiger partial charge in [0.1, 0.15) is 0 Å². The molecule has 1 aromatic rings. The number of carbonyl (C=O) groups excluding carboxylic acids is 1. The summed E-state index contributed by atoms with van der Waals surface area (Å²) in [5, 5.41) is 9.11. The Bertz CT molecular complexity index is 398. The molecule has 0 saturated heterocycles. The van der Waals surface area contributed by atoms with Gasteiger partial charge in [0, 0.05) is 12.1 Å². The molecule has 0 atom stereocenters. The van der Waals surface area contributed by atoms with E-state index in [-0.39, 0.29) is 18.0 Å². The Morgan fingerprint density at radius 3 is 2.39 bits per heavy atom. The molecule has 5 heteroatoms. The molecule has 1 aromatic heterocycles. The highest BCUT2D eigenvalue weighted by atomic mass is 16.2. The molecule has 0 bridgehead atoms. The zero-order valence-corrected chi connectivity index (χ0v) is 11.5. The van der Waals surface area contributed by atoms with Crippen LogP contribution in [0.1, 0.15) is 27.7 Å². The SMILES string of the molecule is CCNc1cncc(NCC(=O)NC(C)(C)C)c1. The number of anilines is 2. The lowest BCUT2D eigenvalue weighted by Gasteiger charge is -2.20. The molecule has 100 valence electrons. The Morgan fingerprint density at radius 2 is 1.83 bits per heavy atom. The van der Waals surface area contributed by atoms with Crippen molar-refractivity contribution in [2.75, 3.05) is 23.7 Å². The first-order valence-corrected chi connectivity index (χ1v) is 6.14. The Labute approximate surface area is 108 Å². The van der Waals surface area contributed by atoms with Crippen LogP contribution in [-0.2, 0) is 4.79 Å². The first-order chi connectivity index (χ1) is 8.40. The fraction of sp³-hybridized carbons (Fsp3) is 0.538. The zero-order chi connectivity index (χ0) is 13.6. The Hall–Kier alpha value is -1.78. The summed E-state index contributed by atoms with van der Waals surface area (Å²) in [4.78, 5) is 15.7. The van der Waals surface area contributed by atoms with E-state index in [1.54, 1.807) is 12.4 Å². The maximum atomic E-state index is 11.6. The van der Waals surface area contributed by atoms with E-state index >= 15 is 0 Å². The molecule has 0 radical (unpaired) electrons. The fourth-order valence-electron chi connectivity index (χ4n) is 1.48. The highest BCUT2D eigenvalue weighted by Crippen LogP contribution is 2.12. The van der Waals surface area contributed by atoms with Gasteiger partial charge in [0.15, 0.2) is 0 Å². The second-order valence-corrected chi connectivity index (χ2v) is 5.14. The monoisotopic (exact) mass is 250 g/mol. The summed E-state index contributed by atoms with van der Waals surface area (Å²) >= 11 is 0. The van der Waals surface area contributed by atoms with Crippen LogP contribution in [0, 0.1) is 0 Å². The summed E-state index contributed by atoms with van der Waals surface area (Å²) in [5.41, 5.74) is 1.57. The van der Waals surface area contributed by atoms with Gasteiger partial charge in [-0.1, -0.05) is 0 Å². The summed E-state index contributed by atoms with van der Waals surface area (Å²) in [6.45, 7) is 8.98. The molecule has 5 nitrogen and oxygen atoms in total.